The van der Waals surface area contributed by atoms with E-state index in [4.69, 9.17) is 4.74 Å². The molecule has 0 bridgehead atoms. The molecule has 1 aromatic heterocycles. The Labute approximate surface area is 165 Å². The summed E-state index contributed by atoms with van der Waals surface area (Å²) in [5, 5.41) is 3.25. The Kier molecular flexibility index (Phi) is 5.84. The minimum atomic E-state index is -3.69. The van der Waals surface area contributed by atoms with Crippen molar-refractivity contribution in [2.24, 2.45) is 0 Å². The van der Waals surface area contributed by atoms with Crippen LogP contribution in [0.1, 0.15) is 16.7 Å². The zero-order valence-corrected chi connectivity index (χ0v) is 16.9. The maximum absolute atomic E-state index is 12.7. The van der Waals surface area contributed by atoms with Crippen molar-refractivity contribution in [3.63, 3.8) is 0 Å². The summed E-state index contributed by atoms with van der Waals surface area (Å²) in [5.41, 5.74) is 3.37. The van der Waals surface area contributed by atoms with Crippen molar-refractivity contribution >= 4 is 21.5 Å². The number of sulfonamides is 1. The number of para-hydroxylation sites is 1. The zero-order valence-electron chi connectivity index (χ0n) is 16.1. The molecule has 0 aliphatic carbocycles. The minimum Gasteiger partial charge on any atom is -0.496 e. The molecule has 0 atom stereocenters. The lowest BCUT2D eigenvalue weighted by Gasteiger charge is -2.12. The van der Waals surface area contributed by atoms with Gasteiger partial charge < -0.3 is 10.1 Å². The van der Waals surface area contributed by atoms with Gasteiger partial charge in [0.1, 0.15) is 11.6 Å². The van der Waals surface area contributed by atoms with Gasteiger partial charge in [-0.1, -0.05) is 30.3 Å². The summed E-state index contributed by atoms with van der Waals surface area (Å²) in [6.45, 7) is 4.20. The first-order valence-corrected chi connectivity index (χ1v) is 10.3. The number of pyridine rings is 1. The van der Waals surface area contributed by atoms with Gasteiger partial charge in [0.15, 0.2) is 0 Å². The van der Waals surface area contributed by atoms with Gasteiger partial charge in [-0.2, -0.15) is 0 Å². The molecule has 3 aromatic rings. The van der Waals surface area contributed by atoms with E-state index in [-0.39, 0.29) is 10.7 Å². The van der Waals surface area contributed by atoms with E-state index in [9.17, 15) is 8.42 Å². The third kappa shape index (κ3) is 4.61. The molecule has 0 unspecified atom stereocenters. The van der Waals surface area contributed by atoms with E-state index >= 15 is 0 Å². The summed E-state index contributed by atoms with van der Waals surface area (Å²) in [6, 6.07) is 16.5. The second-order valence-electron chi connectivity index (χ2n) is 6.47. The van der Waals surface area contributed by atoms with Crippen LogP contribution in [0.15, 0.2) is 65.7 Å². The predicted molar refractivity (Wildman–Crippen MR) is 111 cm³/mol. The van der Waals surface area contributed by atoms with Crippen LogP contribution in [0.2, 0.25) is 0 Å². The highest BCUT2D eigenvalue weighted by Crippen LogP contribution is 2.22. The maximum atomic E-state index is 12.7. The molecule has 0 radical (unpaired) electrons. The molecule has 1 heterocycles. The van der Waals surface area contributed by atoms with Crippen molar-refractivity contribution < 1.29 is 13.2 Å². The Bertz CT molecular complexity index is 1060. The predicted octanol–water partition coefficient (Wildman–Crippen LogP) is 4.12. The molecule has 0 aliphatic rings. The van der Waals surface area contributed by atoms with Crippen molar-refractivity contribution in [1.82, 2.24) is 4.98 Å². The van der Waals surface area contributed by atoms with Crippen LogP contribution in [0.3, 0.4) is 0 Å². The largest absolute Gasteiger partial charge is 0.496 e. The fourth-order valence-corrected chi connectivity index (χ4v) is 4.13. The van der Waals surface area contributed by atoms with Gasteiger partial charge in [0.05, 0.1) is 23.9 Å². The first-order valence-electron chi connectivity index (χ1n) is 8.81. The first-order chi connectivity index (χ1) is 13.4. The SMILES string of the molecule is COc1ccccc1CNc1ccc(NS(=O)(=O)c2cc(C)ccc2C)nc1. The van der Waals surface area contributed by atoms with Crippen LogP contribution < -0.4 is 14.8 Å². The Morgan fingerprint density at radius 1 is 1.04 bits per heavy atom. The number of aromatic nitrogens is 1. The van der Waals surface area contributed by atoms with Crippen LogP contribution in [0, 0.1) is 13.8 Å². The van der Waals surface area contributed by atoms with Crippen LogP contribution in [-0.2, 0) is 16.6 Å². The van der Waals surface area contributed by atoms with Gasteiger partial charge >= 0.3 is 0 Å². The Morgan fingerprint density at radius 3 is 2.54 bits per heavy atom. The molecule has 6 nitrogen and oxygen atoms in total. The van der Waals surface area contributed by atoms with Crippen LogP contribution in [0.25, 0.3) is 0 Å². The minimum absolute atomic E-state index is 0.257. The van der Waals surface area contributed by atoms with Crippen LogP contribution in [0.4, 0.5) is 11.5 Å². The summed E-state index contributed by atoms with van der Waals surface area (Å²) in [6.07, 6.45) is 1.59. The maximum Gasteiger partial charge on any atom is 0.263 e. The van der Waals surface area contributed by atoms with E-state index in [1.165, 1.54) is 0 Å². The molecular formula is C21H23N3O3S. The van der Waals surface area contributed by atoms with Gasteiger partial charge in [0, 0.05) is 12.1 Å². The van der Waals surface area contributed by atoms with Gasteiger partial charge in [-0.15, -0.1) is 0 Å². The molecule has 2 aromatic carbocycles. The standard InChI is InChI=1S/C21H23N3O3S/c1-15-8-9-16(2)20(12-15)28(25,26)24-21-11-10-18(14-23-21)22-13-17-6-4-5-7-19(17)27-3/h4-12,14,22H,13H2,1-3H3,(H,23,24). The van der Waals surface area contributed by atoms with Crippen molar-refractivity contribution in [2.75, 3.05) is 17.1 Å². The summed E-state index contributed by atoms with van der Waals surface area (Å²) >= 11 is 0. The van der Waals surface area contributed by atoms with Gasteiger partial charge in [0.2, 0.25) is 0 Å². The normalized spacial score (nSPS) is 11.1. The molecule has 0 spiro atoms. The lowest BCUT2D eigenvalue weighted by molar-refractivity contribution is 0.410. The molecule has 0 aliphatic heterocycles. The number of benzene rings is 2. The average molecular weight is 398 g/mol. The Balaban J connectivity index is 1.70. The van der Waals surface area contributed by atoms with Crippen LogP contribution in [-0.4, -0.2) is 20.5 Å². The first kappa shape index (κ1) is 19.7. The number of methoxy groups -OCH3 is 1. The number of hydrogen-bond donors (Lipinski definition) is 2. The number of aryl methyl sites for hydroxylation is 2. The topological polar surface area (TPSA) is 80.3 Å². The lowest BCUT2D eigenvalue weighted by Crippen LogP contribution is -2.15. The monoisotopic (exact) mass is 397 g/mol. The van der Waals surface area contributed by atoms with Gasteiger partial charge in [0.25, 0.3) is 10.0 Å². The number of ether oxygens (including phenoxy) is 1. The van der Waals surface area contributed by atoms with Gasteiger partial charge in [-0.3, -0.25) is 4.72 Å². The van der Waals surface area contributed by atoms with E-state index < -0.39 is 10.0 Å². The molecule has 28 heavy (non-hydrogen) atoms. The number of nitrogens with zero attached hydrogens (tertiary/aromatic N) is 1. The highest BCUT2D eigenvalue weighted by atomic mass is 32.2. The van der Waals surface area contributed by atoms with E-state index in [0.717, 1.165) is 22.6 Å². The third-order valence-corrected chi connectivity index (χ3v) is 5.81. The summed E-state index contributed by atoms with van der Waals surface area (Å²) in [5.74, 6) is 1.07. The molecule has 0 saturated carbocycles. The Morgan fingerprint density at radius 2 is 1.82 bits per heavy atom. The van der Waals surface area contributed by atoms with Crippen LogP contribution in [0.5, 0.6) is 5.75 Å². The molecule has 7 heteroatoms. The third-order valence-electron chi connectivity index (χ3n) is 4.31. The second kappa shape index (κ2) is 8.31. The quantitative estimate of drug-likeness (QED) is 0.627. The van der Waals surface area contributed by atoms with E-state index in [2.05, 4.69) is 15.0 Å². The van der Waals surface area contributed by atoms with Crippen molar-refractivity contribution in [3.05, 3.63) is 77.5 Å². The van der Waals surface area contributed by atoms with Crippen molar-refractivity contribution in [1.29, 1.82) is 0 Å². The molecule has 3 rings (SSSR count). The number of anilines is 2. The highest BCUT2D eigenvalue weighted by Gasteiger charge is 2.17. The van der Waals surface area contributed by atoms with E-state index in [0.29, 0.717) is 12.1 Å². The van der Waals surface area contributed by atoms with Crippen LogP contribution >= 0.6 is 0 Å². The number of hydrogen-bond acceptors (Lipinski definition) is 5. The zero-order chi connectivity index (χ0) is 20.1. The molecule has 0 fully saturated rings. The highest BCUT2D eigenvalue weighted by molar-refractivity contribution is 7.92. The smallest absolute Gasteiger partial charge is 0.263 e. The summed E-state index contributed by atoms with van der Waals surface area (Å²) in [4.78, 5) is 4.47. The molecule has 2 N–H and O–H groups in total. The summed E-state index contributed by atoms with van der Waals surface area (Å²) < 4.78 is 33.2. The van der Waals surface area contributed by atoms with Crippen molar-refractivity contribution in [3.8, 4) is 5.75 Å². The van der Waals surface area contributed by atoms with Crippen molar-refractivity contribution in [2.45, 2.75) is 25.3 Å². The fraction of sp³-hybridized carbons (Fsp3) is 0.190. The lowest BCUT2D eigenvalue weighted by atomic mass is 10.2. The molecule has 146 valence electrons. The number of nitrogens with one attached hydrogen (secondary N) is 2. The molecule has 0 saturated heterocycles. The number of rotatable bonds is 7. The second-order valence-corrected chi connectivity index (χ2v) is 8.12. The summed E-state index contributed by atoms with van der Waals surface area (Å²) in [7, 11) is -2.06. The average Bonchev–Trinajstić information content (AvgIpc) is 2.69. The van der Waals surface area contributed by atoms with E-state index in [1.807, 2.05) is 37.3 Å². The molecule has 0 amide bonds. The van der Waals surface area contributed by atoms with Gasteiger partial charge in [-0.05, 0) is 49.2 Å². The Hall–Kier alpha value is -3.06. The molecular weight excluding hydrogens is 374 g/mol. The fourth-order valence-electron chi connectivity index (χ4n) is 2.79. The van der Waals surface area contributed by atoms with Gasteiger partial charge in [-0.25, -0.2) is 13.4 Å². The van der Waals surface area contributed by atoms with E-state index in [1.54, 1.807) is 44.5 Å².